The van der Waals surface area contributed by atoms with Crippen LogP contribution in [0.1, 0.15) is 30.0 Å². The van der Waals surface area contributed by atoms with Crippen LogP contribution in [0.15, 0.2) is 21.3 Å². The molecule has 0 fully saturated rings. The molecule has 1 aromatic carbocycles. The van der Waals surface area contributed by atoms with E-state index in [4.69, 9.17) is 9.15 Å². The van der Waals surface area contributed by atoms with Gasteiger partial charge < -0.3 is 13.9 Å². The number of carbonyl (C=O) groups excluding carboxylic acids is 1. The van der Waals surface area contributed by atoms with Crippen molar-refractivity contribution in [2.24, 2.45) is 0 Å². The Hall–Kier alpha value is -2.34. The summed E-state index contributed by atoms with van der Waals surface area (Å²) >= 11 is 0. The van der Waals surface area contributed by atoms with Crippen LogP contribution in [0.2, 0.25) is 0 Å². The van der Waals surface area contributed by atoms with Crippen molar-refractivity contribution in [1.82, 2.24) is 4.90 Å². The summed E-state index contributed by atoms with van der Waals surface area (Å²) in [6, 6.07) is 3.78. The second-order valence-corrected chi connectivity index (χ2v) is 5.99. The first kappa shape index (κ1) is 16.5. The molecule has 1 aromatic heterocycles. The molecular formula is C18H21NO5. The summed E-state index contributed by atoms with van der Waals surface area (Å²) in [6.45, 7) is 6.08. The number of aryl methyl sites for hydroxylation is 1. The Morgan fingerprint density at radius 3 is 2.88 bits per heavy atom. The highest BCUT2D eigenvalue weighted by molar-refractivity contribution is 5.87. The number of benzene rings is 1. The molecule has 0 N–H and O–H groups in total. The number of hydrogen-bond acceptors (Lipinski definition) is 6. The Bertz CT molecular complexity index is 839. The van der Waals surface area contributed by atoms with E-state index >= 15 is 0 Å². The van der Waals surface area contributed by atoms with E-state index in [9.17, 15) is 9.59 Å². The Labute approximate surface area is 140 Å². The molecule has 3 rings (SSSR count). The summed E-state index contributed by atoms with van der Waals surface area (Å²) < 4.78 is 16.0. The molecule has 2 heterocycles. The Balaban J connectivity index is 2.12. The molecule has 0 atom stereocenters. The minimum Gasteiger partial charge on any atom is -0.478 e. The first-order chi connectivity index (χ1) is 11.5. The van der Waals surface area contributed by atoms with Gasteiger partial charge in [-0.05, 0) is 31.0 Å². The van der Waals surface area contributed by atoms with E-state index in [2.05, 4.69) is 16.6 Å². The van der Waals surface area contributed by atoms with Gasteiger partial charge in [-0.1, -0.05) is 6.92 Å². The molecule has 0 saturated heterocycles. The van der Waals surface area contributed by atoms with Gasteiger partial charge in [-0.3, -0.25) is 9.69 Å². The van der Waals surface area contributed by atoms with Crippen molar-refractivity contribution in [1.29, 1.82) is 0 Å². The summed E-state index contributed by atoms with van der Waals surface area (Å²) in [4.78, 5) is 26.1. The van der Waals surface area contributed by atoms with Gasteiger partial charge in [0.15, 0.2) is 0 Å². The maximum Gasteiger partial charge on any atom is 0.340 e. The predicted octanol–water partition coefficient (Wildman–Crippen LogP) is 2.38. The lowest BCUT2D eigenvalue weighted by Gasteiger charge is -2.29. The van der Waals surface area contributed by atoms with Crippen LogP contribution in [-0.4, -0.2) is 31.3 Å². The number of methoxy groups -OCH3 is 1. The topological polar surface area (TPSA) is 69.0 Å². The standard InChI is InChI=1S/C18H21NO5/c1-4-7-19-9-14-15(23-10-19)6-5-12-11(2)13(8-16(20)22-3)18(21)24-17(12)14/h5-6H,4,7-10H2,1-3H3. The second-order valence-electron chi connectivity index (χ2n) is 5.99. The molecule has 0 spiro atoms. The molecule has 6 heteroatoms. The van der Waals surface area contributed by atoms with Crippen LogP contribution >= 0.6 is 0 Å². The van der Waals surface area contributed by atoms with Crippen molar-refractivity contribution in [3.8, 4) is 5.75 Å². The first-order valence-corrected chi connectivity index (χ1v) is 8.05. The maximum atomic E-state index is 12.4. The highest BCUT2D eigenvalue weighted by atomic mass is 16.5. The Morgan fingerprint density at radius 1 is 1.38 bits per heavy atom. The Kier molecular flexibility index (Phi) is 4.57. The van der Waals surface area contributed by atoms with Crippen molar-refractivity contribution >= 4 is 16.9 Å². The molecule has 1 aliphatic heterocycles. The fraction of sp³-hybridized carbons (Fsp3) is 0.444. The minimum atomic E-state index is -0.494. The molecule has 2 aromatic rings. The van der Waals surface area contributed by atoms with E-state index in [0.29, 0.717) is 24.4 Å². The third kappa shape index (κ3) is 2.89. The molecule has 0 amide bonds. The molecule has 6 nitrogen and oxygen atoms in total. The van der Waals surface area contributed by atoms with Gasteiger partial charge in [-0.15, -0.1) is 0 Å². The van der Waals surface area contributed by atoms with Crippen LogP contribution in [0.5, 0.6) is 5.75 Å². The first-order valence-electron chi connectivity index (χ1n) is 8.05. The van der Waals surface area contributed by atoms with Crippen molar-refractivity contribution in [2.75, 3.05) is 20.4 Å². The van der Waals surface area contributed by atoms with Gasteiger partial charge in [0.1, 0.15) is 18.1 Å². The van der Waals surface area contributed by atoms with Gasteiger partial charge in [0.25, 0.3) is 0 Å². The monoisotopic (exact) mass is 331 g/mol. The zero-order valence-electron chi connectivity index (χ0n) is 14.2. The molecule has 0 saturated carbocycles. The fourth-order valence-corrected chi connectivity index (χ4v) is 3.09. The normalized spacial score (nSPS) is 14.3. The van der Waals surface area contributed by atoms with Crippen LogP contribution in [0, 0.1) is 6.92 Å². The van der Waals surface area contributed by atoms with Gasteiger partial charge in [-0.2, -0.15) is 0 Å². The smallest absolute Gasteiger partial charge is 0.340 e. The lowest BCUT2D eigenvalue weighted by molar-refractivity contribution is -0.139. The van der Waals surface area contributed by atoms with Crippen LogP contribution in [0.25, 0.3) is 11.0 Å². The van der Waals surface area contributed by atoms with Crippen molar-refractivity contribution in [2.45, 2.75) is 33.2 Å². The lowest BCUT2D eigenvalue weighted by Crippen LogP contribution is -2.32. The van der Waals surface area contributed by atoms with E-state index in [1.807, 2.05) is 19.1 Å². The number of nitrogens with zero attached hydrogens (tertiary/aromatic N) is 1. The average Bonchev–Trinajstić information content (AvgIpc) is 2.58. The Morgan fingerprint density at radius 2 is 2.17 bits per heavy atom. The predicted molar refractivity (Wildman–Crippen MR) is 89.1 cm³/mol. The lowest BCUT2D eigenvalue weighted by atomic mass is 10.0. The molecule has 0 radical (unpaired) electrons. The van der Waals surface area contributed by atoms with Gasteiger partial charge >= 0.3 is 11.6 Å². The molecule has 24 heavy (non-hydrogen) atoms. The molecule has 0 bridgehead atoms. The minimum absolute atomic E-state index is 0.0872. The average molecular weight is 331 g/mol. The number of rotatable bonds is 4. The highest BCUT2D eigenvalue weighted by Gasteiger charge is 2.23. The molecule has 0 aliphatic carbocycles. The summed E-state index contributed by atoms with van der Waals surface area (Å²) in [5.41, 5.74) is 2.03. The SMILES string of the molecule is CCCN1COc2ccc3c(C)c(CC(=O)OC)c(=O)oc3c2C1. The number of ether oxygens (including phenoxy) is 2. The quantitative estimate of drug-likeness (QED) is 0.633. The summed E-state index contributed by atoms with van der Waals surface area (Å²) in [7, 11) is 1.30. The third-order valence-electron chi connectivity index (χ3n) is 4.39. The highest BCUT2D eigenvalue weighted by Crippen LogP contribution is 2.33. The van der Waals surface area contributed by atoms with Crippen LogP contribution in [0.4, 0.5) is 0 Å². The molecule has 1 aliphatic rings. The number of carbonyl (C=O) groups is 1. The van der Waals surface area contributed by atoms with Crippen LogP contribution in [0.3, 0.4) is 0 Å². The van der Waals surface area contributed by atoms with Crippen LogP contribution in [-0.2, 0) is 22.5 Å². The van der Waals surface area contributed by atoms with Crippen molar-refractivity contribution < 1.29 is 18.7 Å². The fourth-order valence-electron chi connectivity index (χ4n) is 3.09. The van der Waals surface area contributed by atoms with E-state index < -0.39 is 11.6 Å². The van der Waals surface area contributed by atoms with Gasteiger partial charge in [0, 0.05) is 18.5 Å². The van der Waals surface area contributed by atoms with Gasteiger partial charge in [0.05, 0.1) is 24.7 Å². The van der Waals surface area contributed by atoms with E-state index in [1.165, 1.54) is 7.11 Å². The van der Waals surface area contributed by atoms with Crippen molar-refractivity contribution in [3.63, 3.8) is 0 Å². The van der Waals surface area contributed by atoms with E-state index in [1.54, 1.807) is 0 Å². The zero-order valence-corrected chi connectivity index (χ0v) is 14.2. The van der Waals surface area contributed by atoms with E-state index in [0.717, 1.165) is 35.2 Å². The molecule has 0 unspecified atom stereocenters. The van der Waals surface area contributed by atoms with E-state index in [-0.39, 0.29) is 6.42 Å². The maximum absolute atomic E-state index is 12.4. The third-order valence-corrected chi connectivity index (χ3v) is 4.39. The largest absolute Gasteiger partial charge is 0.478 e. The van der Waals surface area contributed by atoms with Gasteiger partial charge in [-0.25, -0.2) is 4.79 Å². The molecular weight excluding hydrogens is 310 g/mol. The zero-order chi connectivity index (χ0) is 17.3. The second kappa shape index (κ2) is 6.65. The number of esters is 1. The molecule has 128 valence electrons. The number of hydrogen-bond donors (Lipinski definition) is 0. The summed E-state index contributed by atoms with van der Waals surface area (Å²) in [6.07, 6.45) is 0.936. The van der Waals surface area contributed by atoms with Gasteiger partial charge in [0.2, 0.25) is 0 Å². The summed E-state index contributed by atoms with van der Waals surface area (Å²) in [5, 5.41) is 0.828. The van der Waals surface area contributed by atoms with Crippen molar-refractivity contribution in [3.05, 3.63) is 39.2 Å². The summed E-state index contributed by atoms with van der Waals surface area (Å²) in [5.74, 6) is 0.290. The number of fused-ring (bicyclic) bond motifs is 3. The van der Waals surface area contributed by atoms with Crippen LogP contribution < -0.4 is 10.4 Å².